The Hall–Kier alpha value is -1.24. The molecule has 0 aliphatic heterocycles. The Balaban J connectivity index is 3.31. The van der Waals surface area contributed by atoms with E-state index in [1.807, 2.05) is 13.1 Å². The fourth-order valence-electron chi connectivity index (χ4n) is 1.91. The molecule has 0 bridgehead atoms. The Morgan fingerprint density at radius 3 is 2.50 bits per heavy atom. The zero-order chi connectivity index (χ0) is 10.7. The minimum atomic E-state index is 0.401. The van der Waals surface area contributed by atoms with Crippen LogP contribution in [0.1, 0.15) is 29.5 Å². The lowest BCUT2D eigenvalue weighted by atomic mass is 9.93. The molecule has 1 aromatic rings. The maximum Gasteiger partial charge on any atom is 0.0381 e. The lowest BCUT2D eigenvalue weighted by Crippen LogP contribution is -2.01. The maximum atomic E-state index is 3.85. The van der Waals surface area contributed by atoms with Crippen molar-refractivity contribution in [2.24, 2.45) is 0 Å². The van der Waals surface area contributed by atoms with Crippen molar-refractivity contribution in [2.45, 2.75) is 26.7 Å². The zero-order valence-electron chi connectivity index (χ0n) is 9.52. The van der Waals surface area contributed by atoms with Gasteiger partial charge >= 0.3 is 0 Å². The highest BCUT2D eigenvalue weighted by Crippen LogP contribution is 2.29. The van der Waals surface area contributed by atoms with E-state index in [2.05, 4.69) is 44.8 Å². The van der Waals surface area contributed by atoms with Crippen LogP contribution in [0.3, 0.4) is 0 Å². The molecule has 1 aromatic carbocycles. The van der Waals surface area contributed by atoms with Crippen LogP contribution < -0.4 is 5.32 Å². The average molecular weight is 189 g/mol. The molecule has 76 valence electrons. The summed E-state index contributed by atoms with van der Waals surface area (Å²) in [5.74, 6) is 0.401. The Kier molecular flexibility index (Phi) is 3.34. The minimum Gasteiger partial charge on any atom is -0.388 e. The maximum absolute atomic E-state index is 3.85. The summed E-state index contributed by atoms with van der Waals surface area (Å²) in [5.41, 5.74) is 5.21. The van der Waals surface area contributed by atoms with Crippen molar-refractivity contribution in [3.63, 3.8) is 0 Å². The van der Waals surface area contributed by atoms with Crippen molar-refractivity contribution < 1.29 is 0 Å². The van der Waals surface area contributed by atoms with E-state index >= 15 is 0 Å². The smallest absolute Gasteiger partial charge is 0.0381 e. The van der Waals surface area contributed by atoms with Crippen molar-refractivity contribution in [2.75, 3.05) is 12.4 Å². The number of benzene rings is 1. The van der Waals surface area contributed by atoms with Crippen molar-refractivity contribution >= 4 is 5.69 Å². The van der Waals surface area contributed by atoms with Crippen LogP contribution in [0.25, 0.3) is 0 Å². The van der Waals surface area contributed by atoms with Gasteiger partial charge in [0.25, 0.3) is 0 Å². The molecule has 0 amide bonds. The quantitative estimate of drug-likeness (QED) is 0.716. The van der Waals surface area contributed by atoms with Crippen LogP contribution in [-0.4, -0.2) is 7.05 Å². The summed E-state index contributed by atoms with van der Waals surface area (Å²) in [6.45, 7) is 10.3. The molecule has 0 radical (unpaired) electrons. The lowest BCUT2D eigenvalue weighted by Gasteiger charge is -2.17. The van der Waals surface area contributed by atoms with Crippen LogP contribution in [0.2, 0.25) is 0 Å². The molecule has 0 aliphatic rings. The molecule has 0 aromatic heterocycles. The normalized spacial score (nSPS) is 12.3. The molecule has 0 spiro atoms. The van der Waals surface area contributed by atoms with Crippen LogP contribution in [-0.2, 0) is 0 Å². The van der Waals surface area contributed by atoms with Gasteiger partial charge in [-0.2, -0.15) is 0 Å². The third-order valence-electron chi connectivity index (χ3n) is 2.61. The predicted molar refractivity (Wildman–Crippen MR) is 64.1 cm³/mol. The Labute approximate surface area is 86.8 Å². The molecule has 0 saturated carbocycles. The first-order valence-corrected chi connectivity index (χ1v) is 5.01. The van der Waals surface area contributed by atoms with E-state index in [0.717, 1.165) is 0 Å². The van der Waals surface area contributed by atoms with Gasteiger partial charge in [0.15, 0.2) is 0 Å². The third-order valence-corrected chi connectivity index (χ3v) is 2.61. The molecule has 0 fully saturated rings. The molecule has 1 nitrogen and oxygen atoms in total. The van der Waals surface area contributed by atoms with E-state index in [-0.39, 0.29) is 0 Å². The van der Waals surface area contributed by atoms with Crippen LogP contribution in [0.4, 0.5) is 5.69 Å². The van der Waals surface area contributed by atoms with Gasteiger partial charge < -0.3 is 5.32 Å². The molecule has 1 atom stereocenters. The Bertz CT molecular complexity index is 339. The first-order valence-electron chi connectivity index (χ1n) is 5.01. The molecule has 0 heterocycles. The molecule has 0 saturated heterocycles. The summed E-state index contributed by atoms with van der Waals surface area (Å²) >= 11 is 0. The second-order valence-electron chi connectivity index (χ2n) is 3.82. The minimum absolute atomic E-state index is 0.401. The predicted octanol–water partition coefficient (Wildman–Crippen LogP) is 3.63. The van der Waals surface area contributed by atoms with Gasteiger partial charge in [-0.3, -0.25) is 0 Å². The number of hydrogen-bond acceptors (Lipinski definition) is 1. The number of allylic oxidation sites excluding steroid dienone is 1. The lowest BCUT2D eigenvalue weighted by molar-refractivity contribution is 0.955. The molecule has 14 heavy (non-hydrogen) atoms. The molecule has 1 N–H and O–H groups in total. The Morgan fingerprint density at radius 1 is 1.36 bits per heavy atom. The van der Waals surface area contributed by atoms with Gasteiger partial charge in [0, 0.05) is 18.7 Å². The summed E-state index contributed by atoms with van der Waals surface area (Å²) in [4.78, 5) is 0. The van der Waals surface area contributed by atoms with Crippen molar-refractivity contribution in [1.29, 1.82) is 0 Å². The van der Waals surface area contributed by atoms with E-state index in [4.69, 9.17) is 0 Å². The van der Waals surface area contributed by atoms with E-state index in [1.165, 1.54) is 22.4 Å². The molecular weight excluding hydrogens is 170 g/mol. The molecular formula is C13H19N. The van der Waals surface area contributed by atoms with E-state index in [9.17, 15) is 0 Å². The number of hydrogen-bond donors (Lipinski definition) is 1. The fourth-order valence-corrected chi connectivity index (χ4v) is 1.91. The largest absolute Gasteiger partial charge is 0.388 e. The summed E-state index contributed by atoms with van der Waals surface area (Å²) in [7, 11) is 1.97. The highest BCUT2D eigenvalue weighted by molar-refractivity contribution is 5.58. The van der Waals surface area contributed by atoms with Gasteiger partial charge in [0.2, 0.25) is 0 Å². The summed E-state index contributed by atoms with van der Waals surface area (Å²) in [6, 6.07) is 4.40. The first-order chi connectivity index (χ1) is 6.60. The van der Waals surface area contributed by atoms with Crippen LogP contribution in [0.15, 0.2) is 24.8 Å². The SMILES string of the molecule is C=CC(C)c1c(C)cc(C)cc1NC. The van der Waals surface area contributed by atoms with E-state index in [0.29, 0.717) is 5.92 Å². The van der Waals surface area contributed by atoms with Crippen molar-refractivity contribution in [1.82, 2.24) is 0 Å². The monoisotopic (exact) mass is 189 g/mol. The van der Waals surface area contributed by atoms with Gasteiger partial charge in [-0.1, -0.05) is 19.1 Å². The standard InChI is InChI=1S/C13H19N/c1-6-10(3)13-11(4)7-9(2)8-12(13)14-5/h6-8,10,14H,1H2,2-5H3. The highest BCUT2D eigenvalue weighted by atomic mass is 14.8. The number of nitrogens with one attached hydrogen (secondary N) is 1. The zero-order valence-corrected chi connectivity index (χ0v) is 9.52. The number of anilines is 1. The fraction of sp³-hybridized carbons (Fsp3) is 0.385. The van der Waals surface area contributed by atoms with Gasteiger partial charge in [-0.25, -0.2) is 0 Å². The third kappa shape index (κ3) is 1.98. The van der Waals surface area contributed by atoms with Crippen LogP contribution >= 0.6 is 0 Å². The van der Waals surface area contributed by atoms with Gasteiger partial charge in [-0.05, 0) is 36.6 Å². The van der Waals surface area contributed by atoms with Crippen molar-refractivity contribution in [3.8, 4) is 0 Å². The topological polar surface area (TPSA) is 12.0 Å². The van der Waals surface area contributed by atoms with Crippen molar-refractivity contribution in [3.05, 3.63) is 41.5 Å². The van der Waals surface area contributed by atoms with E-state index < -0.39 is 0 Å². The second-order valence-corrected chi connectivity index (χ2v) is 3.82. The molecule has 1 rings (SSSR count). The number of rotatable bonds is 3. The molecule has 0 aliphatic carbocycles. The van der Waals surface area contributed by atoms with Crippen LogP contribution in [0.5, 0.6) is 0 Å². The molecule has 1 unspecified atom stereocenters. The average Bonchev–Trinajstić information content (AvgIpc) is 2.15. The van der Waals surface area contributed by atoms with Crippen LogP contribution in [0, 0.1) is 13.8 Å². The molecule has 1 heteroatoms. The first kappa shape index (κ1) is 10.8. The Morgan fingerprint density at radius 2 is 2.00 bits per heavy atom. The second kappa shape index (κ2) is 4.32. The van der Waals surface area contributed by atoms with Gasteiger partial charge in [0.1, 0.15) is 0 Å². The van der Waals surface area contributed by atoms with Gasteiger partial charge in [-0.15, -0.1) is 6.58 Å². The highest BCUT2D eigenvalue weighted by Gasteiger charge is 2.10. The summed E-state index contributed by atoms with van der Waals surface area (Å²) < 4.78 is 0. The van der Waals surface area contributed by atoms with Gasteiger partial charge in [0.05, 0.1) is 0 Å². The summed E-state index contributed by atoms with van der Waals surface area (Å²) in [5, 5.41) is 3.24. The van der Waals surface area contributed by atoms with E-state index in [1.54, 1.807) is 0 Å². The summed E-state index contributed by atoms with van der Waals surface area (Å²) in [6.07, 6.45) is 1.98. The number of aryl methyl sites for hydroxylation is 2.